The first-order valence-electron chi connectivity index (χ1n) is 7.70. The summed E-state index contributed by atoms with van der Waals surface area (Å²) < 4.78 is 10.5. The van der Waals surface area contributed by atoms with Gasteiger partial charge in [-0.3, -0.25) is 4.90 Å². The van der Waals surface area contributed by atoms with Gasteiger partial charge in [-0.25, -0.2) is 4.79 Å². The van der Waals surface area contributed by atoms with Crippen molar-refractivity contribution in [3.05, 3.63) is 29.8 Å². The Labute approximate surface area is 132 Å². The highest BCUT2D eigenvalue weighted by atomic mass is 16.6. The summed E-state index contributed by atoms with van der Waals surface area (Å²) in [6, 6.07) is 8.26. The van der Waals surface area contributed by atoms with Crippen molar-refractivity contribution in [1.82, 2.24) is 10.2 Å². The van der Waals surface area contributed by atoms with Crippen LogP contribution in [0.4, 0.5) is 4.79 Å². The van der Waals surface area contributed by atoms with Crippen LogP contribution < -0.4 is 10.1 Å². The lowest BCUT2D eigenvalue weighted by Gasteiger charge is -2.22. The predicted octanol–water partition coefficient (Wildman–Crippen LogP) is 2.79. The van der Waals surface area contributed by atoms with E-state index in [1.165, 1.54) is 5.56 Å². The van der Waals surface area contributed by atoms with Gasteiger partial charge < -0.3 is 14.8 Å². The van der Waals surface area contributed by atoms with Gasteiger partial charge in [-0.15, -0.1) is 0 Å². The molecule has 1 amide bonds. The number of methoxy groups -OCH3 is 1. The molecule has 0 unspecified atom stereocenters. The molecule has 1 aliphatic heterocycles. The van der Waals surface area contributed by atoms with Crippen LogP contribution in [0.25, 0.3) is 0 Å². The third-order valence-corrected chi connectivity index (χ3v) is 3.56. The first-order chi connectivity index (χ1) is 10.4. The number of alkyl carbamates (subject to hydrolysis) is 1. The van der Waals surface area contributed by atoms with Crippen LogP contribution in [0.2, 0.25) is 0 Å². The fourth-order valence-electron chi connectivity index (χ4n) is 2.56. The Morgan fingerprint density at radius 1 is 1.32 bits per heavy atom. The number of carbonyl (C=O) groups excluding carboxylic acids is 1. The summed E-state index contributed by atoms with van der Waals surface area (Å²) >= 11 is 0. The van der Waals surface area contributed by atoms with E-state index in [9.17, 15) is 4.79 Å². The summed E-state index contributed by atoms with van der Waals surface area (Å²) in [5.41, 5.74) is 0.796. The van der Waals surface area contributed by atoms with Gasteiger partial charge >= 0.3 is 6.09 Å². The first-order valence-corrected chi connectivity index (χ1v) is 7.70. The Bertz CT molecular complexity index is 494. The summed E-state index contributed by atoms with van der Waals surface area (Å²) in [7, 11) is 1.67. The van der Waals surface area contributed by atoms with Gasteiger partial charge in [0, 0.05) is 25.7 Å². The monoisotopic (exact) mass is 306 g/mol. The molecule has 5 heteroatoms. The van der Waals surface area contributed by atoms with Gasteiger partial charge in [-0.2, -0.15) is 0 Å². The Hall–Kier alpha value is -1.75. The fourth-order valence-corrected chi connectivity index (χ4v) is 2.56. The van der Waals surface area contributed by atoms with E-state index in [2.05, 4.69) is 22.3 Å². The average molecular weight is 306 g/mol. The predicted molar refractivity (Wildman–Crippen MR) is 86.0 cm³/mol. The molecular formula is C17H26N2O3. The van der Waals surface area contributed by atoms with Crippen LogP contribution in [0.5, 0.6) is 5.75 Å². The van der Waals surface area contributed by atoms with E-state index in [-0.39, 0.29) is 12.1 Å². The third-order valence-electron chi connectivity index (χ3n) is 3.56. The molecule has 0 bridgehead atoms. The number of hydrogen-bond donors (Lipinski definition) is 1. The SMILES string of the molecule is COc1ccc(CN2CC[C@H](NC(=O)OC(C)(C)C)C2)cc1. The lowest BCUT2D eigenvalue weighted by Crippen LogP contribution is -2.40. The number of benzene rings is 1. The number of carbonyl (C=O) groups is 1. The zero-order valence-electron chi connectivity index (χ0n) is 13.9. The number of rotatable bonds is 4. The molecule has 0 radical (unpaired) electrons. The summed E-state index contributed by atoms with van der Waals surface area (Å²) in [5, 5.41) is 2.95. The molecule has 1 N–H and O–H groups in total. The van der Waals surface area contributed by atoms with Crippen molar-refractivity contribution in [2.45, 2.75) is 45.4 Å². The Morgan fingerprint density at radius 2 is 2.00 bits per heavy atom. The summed E-state index contributed by atoms with van der Waals surface area (Å²) in [6.45, 7) is 8.33. The number of amides is 1. The highest BCUT2D eigenvalue weighted by Crippen LogP contribution is 2.17. The molecule has 0 spiro atoms. The molecule has 2 rings (SSSR count). The van der Waals surface area contributed by atoms with Crippen LogP contribution in [0.1, 0.15) is 32.8 Å². The van der Waals surface area contributed by atoms with Crippen molar-refractivity contribution >= 4 is 6.09 Å². The summed E-state index contributed by atoms with van der Waals surface area (Å²) in [4.78, 5) is 14.1. The van der Waals surface area contributed by atoms with Gasteiger partial charge in [0.2, 0.25) is 0 Å². The Morgan fingerprint density at radius 3 is 2.59 bits per heavy atom. The van der Waals surface area contributed by atoms with Crippen molar-refractivity contribution in [1.29, 1.82) is 0 Å². The number of likely N-dealkylation sites (tertiary alicyclic amines) is 1. The van der Waals surface area contributed by atoms with Crippen LogP contribution in [0.15, 0.2) is 24.3 Å². The van der Waals surface area contributed by atoms with Crippen LogP contribution in [0.3, 0.4) is 0 Å². The van der Waals surface area contributed by atoms with E-state index in [1.54, 1.807) is 7.11 Å². The molecule has 22 heavy (non-hydrogen) atoms. The highest BCUT2D eigenvalue weighted by molar-refractivity contribution is 5.68. The Kier molecular flexibility index (Phi) is 5.29. The van der Waals surface area contributed by atoms with Crippen LogP contribution >= 0.6 is 0 Å². The van der Waals surface area contributed by atoms with E-state index in [0.717, 1.165) is 31.8 Å². The van der Waals surface area contributed by atoms with E-state index in [4.69, 9.17) is 9.47 Å². The molecule has 1 aromatic carbocycles. The maximum absolute atomic E-state index is 11.8. The molecule has 1 fully saturated rings. The lowest BCUT2D eigenvalue weighted by atomic mass is 10.2. The van der Waals surface area contributed by atoms with E-state index >= 15 is 0 Å². The molecular weight excluding hydrogens is 280 g/mol. The first kappa shape index (κ1) is 16.6. The van der Waals surface area contributed by atoms with E-state index < -0.39 is 5.60 Å². The van der Waals surface area contributed by atoms with Crippen molar-refractivity contribution in [2.75, 3.05) is 20.2 Å². The number of hydrogen-bond acceptors (Lipinski definition) is 4. The molecule has 122 valence electrons. The minimum absolute atomic E-state index is 0.160. The number of nitrogens with zero attached hydrogens (tertiary/aromatic N) is 1. The molecule has 0 aromatic heterocycles. The molecule has 0 aliphatic carbocycles. The average Bonchev–Trinajstić information content (AvgIpc) is 2.84. The highest BCUT2D eigenvalue weighted by Gasteiger charge is 2.26. The number of ether oxygens (including phenoxy) is 2. The summed E-state index contributed by atoms with van der Waals surface area (Å²) in [5.74, 6) is 0.870. The van der Waals surface area contributed by atoms with Crippen LogP contribution in [0, 0.1) is 0 Å². The summed E-state index contributed by atoms with van der Waals surface area (Å²) in [6.07, 6.45) is 0.624. The number of nitrogens with one attached hydrogen (secondary N) is 1. The molecule has 1 aliphatic rings. The molecule has 0 saturated carbocycles. The molecule has 1 heterocycles. The van der Waals surface area contributed by atoms with Crippen LogP contribution in [-0.4, -0.2) is 42.8 Å². The van der Waals surface area contributed by atoms with Gasteiger partial charge in [0.15, 0.2) is 0 Å². The second-order valence-electron chi connectivity index (χ2n) is 6.72. The second kappa shape index (κ2) is 7.01. The van der Waals surface area contributed by atoms with Gasteiger partial charge in [-0.05, 0) is 44.9 Å². The largest absolute Gasteiger partial charge is 0.497 e. The van der Waals surface area contributed by atoms with Crippen molar-refractivity contribution < 1.29 is 14.3 Å². The maximum atomic E-state index is 11.8. The lowest BCUT2D eigenvalue weighted by molar-refractivity contribution is 0.0506. The standard InChI is InChI=1S/C17H26N2O3/c1-17(2,3)22-16(20)18-14-9-10-19(12-14)11-13-5-7-15(21-4)8-6-13/h5-8,14H,9-12H2,1-4H3,(H,18,20)/t14-/m0/s1. The molecule has 5 nitrogen and oxygen atoms in total. The van der Waals surface area contributed by atoms with E-state index in [0.29, 0.717) is 0 Å². The zero-order valence-corrected chi connectivity index (χ0v) is 13.9. The zero-order chi connectivity index (χ0) is 16.2. The minimum Gasteiger partial charge on any atom is -0.497 e. The third kappa shape index (κ3) is 5.22. The second-order valence-corrected chi connectivity index (χ2v) is 6.72. The fraction of sp³-hybridized carbons (Fsp3) is 0.588. The van der Waals surface area contributed by atoms with Crippen LogP contribution in [-0.2, 0) is 11.3 Å². The van der Waals surface area contributed by atoms with Gasteiger partial charge in [0.1, 0.15) is 11.4 Å². The van der Waals surface area contributed by atoms with Crippen molar-refractivity contribution in [3.63, 3.8) is 0 Å². The van der Waals surface area contributed by atoms with E-state index in [1.807, 2.05) is 32.9 Å². The quantitative estimate of drug-likeness (QED) is 0.929. The molecule has 1 saturated heterocycles. The van der Waals surface area contributed by atoms with Gasteiger partial charge in [0.05, 0.1) is 7.11 Å². The minimum atomic E-state index is -0.453. The van der Waals surface area contributed by atoms with Crippen molar-refractivity contribution in [3.8, 4) is 5.75 Å². The maximum Gasteiger partial charge on any atom is 0.407 e. The molecule has 1 atom stereocenters. The molecule has 1 aromatic rings. The smallest absolute Gasteiger partial charge is 0.407 e. The van der Waals surface area contributed by atoms with Crippen molar-refractivity contribution in [2.24, 2.45) is 0 Å². The van der Waals surface area contributed by atoms with Gasteiger partial charge in [0.25, 0.3) is 0 Å². The Balaban J connectivity index is 1.78. The van der Waals surface area contributed by atoms with Gasteiger partial charge in [-0.1, -0.05) is 12.1 Å². The normalized spacial score (nSPS) is 19.0. The topological polar surface area (TPSA) is 50.8 Å².